The van der Waals surface area contributed by atoms with Gasteiger partial charge in [0.15, 0.2) is 0 Å². The molecular weight excluding hydrogens is 397 g/mol. The summed E-state index contributed by atoms with van der Waals surface area (Å²) in [5.74, 6) is 1.64. The molecule has 0 aliphatic carbocycles. The molecule has 0 spiro atoms. The first-order valence-electron chi connectivity index (χ1n) is 10.1. The first-order valence-corrected chi connectivity index (χ1v) is 10.1. The minimum Gasteiger partial charge on any atom is -0.493 e. The number of halogens is 1. The lowest BCUT2D eigenvalue weighted by molar-refractivity contribution is 0.356. The summed E-state index contributed by atoms with van der Waals surface area (Å²) < 4.78 is 27.3. The van der Waals surface area contributed by atoms with Gasteiger partial charge in [0, 0.05) is 65.9 Å². The molecule has 0 atom stereocenters. The van der Waals surface area contributed by atoms with Crippen molar-refractivity contribution in [3.8, 4) is 22.9 Å². The van der Waals surface area contributed by atoms with Gasteiger partial charge in [-0.3, -0.25) is 4.68 Å². The molecular formula is C23H22FN5O2. The van der Waals surface area contributed by atoms with Gasteiger partial charge in [-0.1, -0.05) is 0 Å². The Hall–Kier alpha value is -3.68. The number of hydrogen-bond donors (Lipinski definition) is 1. The van der Waals surface area contributed by atoms with E-state index < -0.39 is 0 Å². The van der Waals surface area contributed by atoms with E-state index in [0.717, 1.165) is 39.0 Å². The van der Waals surface area contributed by atoms with E-state index in [1.165, 1.54) is 6.07 Å². The monoisotopic (exact) mass is 419 g/mol. The van der Waals surface area contributed by atoms with Gasteiger partial charge in [-0.15, -0.1) is 0 Å². The van der Waals surface area contributed by atoms with E-state index in [4.69, 9.17) is 9.47 Å². The second-order valence-corrected chi connectivity index (χ2v) is 7.54. The number of methoxy groups -OCH3 is 1. The topological polar surface area (TPSA) is 74.1 Å². The number of nitrogens with one attached hydrogen (secondary N) is 1. The Balaban J connectivity index is 1.57. The minimum absolute atomic E-state index is 0.247. The van der Waals surface area contributed by atoms with E-state index in [1.807, 2.05) is 30.8 Å². The van der Waals surface area contributed by atoms with E-state index in [0.29, 0.717) is 36.8 Å². The number of pyridine rings is 2. The molecule has 1 N–H and O–H groups in total. The molecule has 1 aliphatic rings. The number of rotatable bonds is 5. The molecule has 0 amide bonds. The smallest absolute Gasteiger partial charge is 0.213 e. The van der Waals surface area contributed by atoms with Gasteiger partial charge < -0.3 is 14.8 Å². The lowest BCUT2D eigenvalue weighted by atomic mass is 10.0. The summed E-state index contributed by atoms with van der Waals surface area (Å²) in [5.41, 5.74) is 4.31. The standard InChI is InChI=1S/C23H22FN5O2/c1-13-8-20(29(2)28-13)17-11-27-23(18-12-25-22(30-3)9-15(17)18)26-10-16-14-6-7-31-21(14)5-4-19(16)24/h4-5,8-9,11-12H,6-7,10H2,1-3H3,(H,26,27). The molecule has 3 aromatic heterocycles. The highest BCUT2D eigenvalue weighted by molar-refractivity contribution is 6.01. The Morgan fingerprint density at radius 3 is 2.84 bits per heavy atom. The van der Waals surface area contributed by atoms with Gasteiger partial charge in [0.1, 0.15) is 17.4 Å². The zero-order valence-corrected chi connectivity index (χ0v) is 17.6. The fourth-order valence-electron chi connectivity index (χ4n) is 4.11. The maximum Gasteiger partial charge on any atom is 0.213 e. The van der Waals surface area contributed by atoms with Gasteiger partial charge in [0.25, 0.3) is 0 Å². The van der Waals surface area contributed by atoms with Crippen LogP contribution < -0.4 is 14.8 Å². The van der Waals surface area contributed by atoms with Crippen molar-refractivity contribution in [2.75, 3.05) is 19.0 Å². The molecule has 4 aromatic rings. The van der Waals surface area contributed by atoms with Crippen LogP contribution in [0.25, 0.3) is 22.0 Å². The van der Waals surface area contributed by atoms with Gasteiger partial charge in [0.05, 0.1) is 25.1 Å². The second-order valence-electron chi connectivity index (χ2n) is 7.54. The number of aromatic nitrogens is 4. The molecule has 1 aliphatic heterocycles. The first kappa shape index (κ1) is 19.3. The van der Waals surface area contributed by atoms with Crippen LogP contribution in [0.5, 0.6) is 11.6 Å². The molecule has 5 rings (SSSR count). The van der Waals surface area contributed by atoms with Crippen LogP contribution in [0.2, 0.25) is 0 Å². The largest absolute Gasteiger partial charge is 0.493 e. The molecule has 158 valence electrons. The Bertz CT molecular complexity index is 1300. The molecule has 8 heteroatoms. The van der Waals surface area contributed by atoms with Crippen LogP contribution in [-0.4, -0.2) is 33.5 Å². The van der Waals surface area contributed by atoms with Crippen molar-refractivity contribution < 1.29 is 13.9 Å². The fourth-order valence-corrected chi connectivity index (χ4v) is 4.11. The van der Waals surface area contributed by atoms with Crippen LogP contribution in [0.1, 0.15) is 16.8 Å². The Morgan fingerprint density at radius 1 is 1.19 bits per heavy atom. The predicted molar refractivity (Wildman–Crippen MR) is 116 cm³/mol. The quantitative estimate of drug-likeness (QED) is 0.526. The normalized spacial score (nSPS) is 12.6. The van der Waals surface area contributed by atoms with E-state index in [9.17, 15) is 4.39 Å². The highest BCUT2D eigenvalue weighted by atomic mass is 19.1. The summed E-state index contributed by atoms with van der Waals surface area (Å²) >= 11 is 0. The Labute approximate surface area is 178 Å². The maximum absolute atomic E-state index is 14.5. The summed E-state index contributed by atoms with van der Waals surface area (Å²) in [7, 11) is 3.49. The summed E-state index contributed by atoms with van der Waals surface area (Å²) in [6, 6.07) is 7.04. The number of anilines is 1. The summed E-state index contributed by atoms with van der Waals surface area (Å²) in [6.07, 6.45) is 4.23. The fraction of sp³-hybridized carbons (Fsp3) is 0.261. The third-order valence-electron chi connectivity index (χ3n) is 5.61. The van der Waals surface area contributed by atoms with Crippen LogP contribution in [0.4, 0.5) is 10.2 Å². The van der Waals surface area contributed by atoms with Crippen molar-refractivity contribution in [2.45, 2.75) is 19.9 Å². The van der Waals surface area contributed by atoms with Crippen molar-refractivity contribution in [2.24, 2.45) is 7.05 Å². The van der Waals surface area contributed by atoms with Crippen molar-refractivity contribution in [3.63, 3.8) is 0 Å². The van der Waals surface area contributed by atoms with Crippen LogP contribution in [0, 0.1) is 12.7 Å². The van der Waals surface area contributed by atoms with E-state index in [2.05, 4.69) is 20.4 Å². The molecule has 0 saturated carbocycles. The van der Waals surface area contributed by atoms with E-state index >= 15 is 0 Å². The number of aryl methyl sites for hydroxylation is 2. The van der Waals surface area contributed by atoms with Crippen LogP contribution in [-0.2, 0) is 20.0 Å². The first-order chi connectivity index (χ1) is 15.0. The molecule has 0 radical (unpaired) electrons. The number of benzene rings is 1. The van der Waals surface area contributed by atoms with Crippen LogP contribution in [0.15, 0.2) is 36.7 Å². The van der Waals surface area contributed by atoms with Gasteiger partial charge in [0.2, 0.25) is 5.88 Å². The molecule has 0 unspecified atom stereocenters. The zero-order chi connectivity index (χ0) is 21.5. The summed E-state index contributed by atoms with van der Waals surface area (Å²) in [5, 5.41) is 9.50. The average Bonchev–Trinajstić information content (AvgIpc) is 3.38. The van der Waals surface area contributed by atoms with Crippen molar-refractivity contribution in [3.05, 3.63) is 59.3 Å². The Kier molecular flexibility index (Phi) is 4.69. The lowest BCUT2D eigenvalue weighted by Gasteiger charge is -2.14. The van der Waals surface area contributed by atoms with Gasteiger partial charge in [-0.05, 0) is 25.1 Å². The number of fused-ring (bicyclic) bond motifs is 2. The molecule has 7 nitrogen and oxygen atoms in total. The lowest BCUT2D eigenvalue weighted by Crippen LogP contribution is -2.07. The SMILES string of the molecule is COc1cc2c(-c3cc(C)nn3C)cnc(NCc3c(F)ccc4c3CCO4)c2cn1. The minimum atomic E-state index is -0.247. The van der Waals surface area contributed by atoms with Crippen molar-refractivity contribution >= 4 is 16.6 Å². The van der Waals surface area contributed by atoms with E-state index in [1.54, 1.807) is 25.6 Å². The highest BCUT2D eigenvalue weighted by Crippen LogP contribution is 2.34. The van der Waals surface area contributed by atoms with Crippen molar-refractivity contribution in [1.29, 1.82) is 0 Å². The average molecular weight is 419 g/mol. The second kappa shape index (κ2) is 7.54. The van der Waals surface area contributed by atoms with Gasteiger partial charge >= 0.3 is 0 Å². The summed E-state index contributed by atoms with van der Waals surface area (Å²) in [6.45, 7) is 2.83. The molecule has 1 aromatic carbocycles. The van der Waals surface area contributed by atoms with Crippen molar-refractivity contribution in [1.82, 2.24) is 19.7 Å². The third kappa shape index (κ3) is 3.34. The maximum atomic E-state index is 14.5. The molecule has 31 heavy (non-hydrogen) atoms. The summed E-state index contributed by atoms with van der Waals surface area (Å²) in [4.78, 5) is 9.00. The van der Waals surface area contributed by atoms with Gasteiger partial charge in [-0.25, -0.2) is 14.4 Å². The van der Waals surface area contributed by atoms with E-state index in [-0.39, 0.29) is 5.82 Å². The van der Waals surface area contributed by atoms with Crippen LogP contribution >= 0.6 is 0 Å². The number of ether oxygens (including phenoxy) is 2. The van der Waals surface area contributed by atoms with Crippen LogP contribution in [0.3, 0.4) is 0 Å². The molecule has 0 saturated heterocycles. The van der Waals surface area contributed by atoms with Gasteiger partial charge in [-0.2, -0.15) is 5.10 Å². The molecule has 0 bridgehead atoms. The number of nitrogens with zero attached hydrogens (tertiary/aromatic N) is 4. The molecule has 0 fully saturated rings. The highest BCUT2D eigenvalue weighted by Gasteiger charge is 2.20. The Morgan fingerprint density at radius 2 is 2.06 bits per heavy atom. The predicted octanol–water partition coefficient (Wildman–Crippen LogP) is 4.03. The third-order valence-corrected chi connectivity index (χ3v) is 5.61. The zero-order valence-electron chi connectivity index (χ0n) is 17.6. The number of hydrogen-bond acceptors (Lipinski definition) is 6. The molecule has 4 heterocycles.